The largest absolute Gasteiger partial charge is 0.394 e. The third-order valence-electron chi connectivity index (χ3n) is 2.23. The molecule has 1 aliphatic rings. The van der Waals surface area contributed by atoms with Crippen molar-refractivity contribution in [3.05, 3.63) is 0 Å². The summed E-state index contributed by atoms with van der Waals surface area (Å²) in [7, 11) is 0. The van der Waals surface area contributed by atoms with Crippen LogP contribution in [0.25, 0.3) is 0 Å². The molecule has 2 N–H and O–H groups in total. The minimum atomic E-state index is -0.500. The van der Waals surface area contributed by atoms with Crippen molar-refractivity contribution < 1.29 is 14.9 Å². The summed E-state index contributed by atoms with van der Waals surface area (Å²) < 4.78 is 5.23. The van der Waals surface area contributed by atoms with Gasteiger partial charge in [-0.2, -0.15) is 0 Å². The molecule has 1 heterocycles. The zero-order chi connectivity index (χ0) is 7.72. The smallest absolute Gasteiger partial charge is 0.107 e. The fourth-order valence-electron chi connectivity index (χ4n) is 1.25. The van der Waals surface area contributed by atoms with Gasteiger partial charge in [-0.25, -0.2) is 0 Å². The molecule has 68 valence electrons. The Bertz CT molecular complexity index is 116. The lowest BCUT2D eigenvalue weighted by Gasteiger charge is -2.11. The van der Waals surface area contributed by atoms with E-state index in [0.717, 1.165) is 0 Å². The van der Waals surface area contributed by atoms with Gasteiger partial charge in [0.05, 0.1) is 18.8 Å². The molecule has 1 saturated heterocycles. The average Bonchev–Trinajstić information content (AvgIpc) is 2.17. The Hall–Kier alpha value is -0.120. The molecular formula is C8H18O3. The second-order valence-electron chi connectivity index (χ2n) is 2.91. The van der Waals surface area contributed by atoms with E-state index in [1.165, 1.54) is 0 Å². The Morgan fingerprint density at radius 3 is 2.09 bits per heavy atom. The predicted octanol–water partition coefficient (Wildman–Crippen LogP) is 0.399. The maximum Gasteiger partial charge on any atom is 0.107 e. The lowest BCUT2D eigenvalue weighted by Crippen LogP contribution is -2.28. The molecule has 1 fully saturated rings. The van der Waals surface area contributed by atoms with Crippen LogP contribution in [-0.2, 0) is 4.74 Å². The third kappa shape index (κ3) is 1.92. The van der Waals surface area contributed by atoms with Gasteiger partial charge >= 0.3 is 0 Å². The van der Waals surface area contributed by atoms with E-state index in [2.05, 4.69) is 0 Å². The van der Waals surface area contributed by atoms with Crippen LogP contribution >= 0.6 is 0 Å². The molecule has 0 aromatic carbocycles. The van der Waals surface area contributed by atoms with Gasteiger partial charge in [-0.05, 0) is 6.92 Å². The number of aliphatic hydroxyl groups excluding tert-OH is 2. The highest BCUT2D eigenvalue weighted by molar-refractivity contribution is 4.85. The van der Waals surface area contributed by atoms with Crippen molar-refractivity contribution in [1.29, 1.82) is 0 Å². The molecule has 0 amide bonds. The van der Waals surface area contributed by atoms with Gasteiger partial charge in [0, 0.05) is 5.92 Å². The minimum Gasteiger partial charge on any atom is -0.394 e. The minimum absolute atomic E-state index is 0. The van der Waals surface area contributed by atoms with Crippen molar-refractivity contribution in [3.63, 3.8) is 0 Å². The van der Waals surface area contributed by atoms with E-state index in [1.54, 1.807) is 0 Å². The van der Waals surface area contributed by atoms with Crippen LogP contribution < -0.4 is 0 Å². The van der Waals surface area contributed by atoms with Gasteiger partial charge in [0.2, 0.25) is 0 Å². The number of rotatable bonds is 1. The second kappa shape index (κ2) is 4.04. The molecule has 0 aliphatic carbocycles. The first-order chi connectivity index (χ1) is 4.66. The van der Waals surface area contributed by atoms with E-state index in [9.17, 15) is 5.11 Å². The van der Waals surface area contributed by atoms with E-state index in [-0.39, 0.29) is 32.2 Å². The molecule has 1 aliphatic heterocycles. The van der Waals surface area contributed by atoms with Gasteiger partial charge in [-0.1, -0.05) is 14.4 Å². The highest BCUT2D eigenvalue weighted by atomic mass is 16.5. The topological polar surface area (TPSA) is 49.7 Å². The van der Waals surface area contributed by atoms with Crippen LogP contribution in [0.4, 0.5) is 0 Å². The average molecular weight is 162 g/mol. The van der Waals surface area contributed by atoms with Crippen LogP contribution in [0, 0.1) is 5.92 Å². The van der Waals surface area contributed by atoms with Crippen LogP contribution in [0.3, 0.4) is 0 Å². The van der Waals surface area contributed by atoms with E-state index < -0.39 is 6.10 Å². The van der Waals surface area contributed by atoms with Gasteiger partial charge < -0.3 is 14.9 Å². The zero-order valence-electron chi connectivity index (χ0n) is 6.32. The normalized spacial score (nSPS) is 43.6. The summed E-state index contributed by atoms with van der Waals surface area (Å²) in [6, 6.07) is 0. The van der Waals surface area contributed by atoms with Gasteiger partial charge in [-0.15, -0.1) is 0 Å². The highest BCUT2D eigenvalue weighted by Crippen LogP contribution is 2.25. The molecule has 3 heteroatoms. The van der Waals surface area contributed by atoms with Crippen LogP contribution in [0.5, 0.6) is 0 Å². The zero-order valence-corrected chi connectivity index (χ0v) is 6.32. The highest BCUT2D eigenvalue weighted by Gasteiger charge is 2.37. The van der Waals surface area contributed by atoms with Gasteiger partial charge in [0.15, 0.2) is 0 Å². The molecule has 3 nitrogen and oxygen atoms in total. The predicted molar refractivity (Wildman–Crippen MR) is 43.3 cm³/mol. The maximum atomic E-state index is 9.34. The Kier molecular flexibility index (Phi) is 4.00. The standard InChI is InChI=1S/C7H14O3.CH4/c1-4-5(2)10-6(3-8)7(4)9;/h4-9H,3H2,1-2H3;1H4/t4?,5-,6+,7?;/m0./s1. The molecule has 0 bridgehead atoms. The Morgan fingerprint density at radius 1 is 1.36 bits per heavy atom. The number of aliphatic hydroxyl groups is 2. The van der Waals surface area contributed by atoms with Gasteiger partial charge in [-0.3, -0.25) is 0 Å². The first kappa shape index (κ1) is 10.9. The summed E-state index contributed by atoms with van der Waals surface area (Å²) in [5.74, 6) is 0.136. The first-order valence-electron chi connectivity index (χ1n) is 3.61. The van der Waals surface area contributed by atoms with E-state index in [0.29, 0.717) is 0 Å². The summed E-state index contributed by atoms with van der Waals surface area (Å²) in [6.07, 6.45) is -0.808. The van der Waals surface area contributed by atoms with Gasteiger partial charge in [0.1, 0.15) is 6.10 Å². The Balaban J connectivity index is 0.000001000. The quantitative estimate of drug-likeness (QED) is 0.586. The van der Waals surface area contributed by atoms with Crippen LogP contribution in [0.15, 0.2) is 0 Å². The fraction of sp³-hybridized carbons (Fsp3) is 1.00. The Morgan fingerprint density at radius 2 is 1.91 bits per heavy atom. The molecule has 0 aromatic rings. The first-order valence-corrected chi connectivity index (χ1v) is 3.61. The summed E-state index contributed by atoms with van der Waals surface area (Å²) in [5.41, 5.74) is 0. The molecule has 4 atom stereocenters. The van der Waals surface area contributed by atoms with Crippen molar-refractivity contribution in [1.82, 2.24) is 0 Å². The van der Waals surface area contributed by atoms with Gasteiger partial charge in [0.25, 0.3) is 0 Å². The maximum absolute atomic E-state index is 9.34. The van der Waals surface area contributed by atoms with Crippen molar-refractivity contribution >= 4 is 0 Å². The van der Waals surface area contributed by atoms with Crippen LogP contribution in [0.2, 0.25) is 0 Å². The summed E-state index contributed by atoms with van der Waals surface area (Å²) in [6.45, 7) is 3.74. The number of hydrogen-bond acceptors (Lipinski definition) is 3. The van der Waals surface area contributed by atoms with Crippen molar-refractivity contribution in [3.8, 4) is 0 Å². The number of hydrogen-bond donors (Lipinski definition) is 2. The summed E-state index contributed by atoms with van der Waals surface area (Å²) in [5, 5.41) is 18.0. The van der Waals surface area contributed by atoms with Crippen LogP contribution in [-0.4, -0.2) is 35.1 Å². The molecule has 0 aromatic heterocycles. The van der Waals surface area contributed by atoms with E-state index in [1.807, 2.05) is 13.8 Å². The fourth-order valence-corrected chi connectivity index (χ4v) is 1.25. The lowest BCUT2D eigenvalue weighted by molar-refractivity contribution is -0.0170. The summed E-state index contributed by atoms with van der Waals surface area (Å²) >= 11 is 0. The molecular weight excluding hydrogens is 144 g/mol. The molecule has 2 unspecified atom stereocenters. The lowest BCUT2D eigenvalue weighted by atomic mass is 10.00. The third-order valence-corrected chi connectivity index (χ3v) is 2.23. The molecule has 11 heavy (non-hydrogen) atoms. The Labute approximate surface area is 68.0 Å². The van der Waals surface area contributed by atoms with Crippen molar-refractivity contribution in [2.24, 2.45) is 5.92 Å². The monoisotopic (exact) mass is 162 g/mol. The molecule has 1 rings (SSSR count). The SMILES string of the molecule is C.CC1C(O)[C@@H](CO)O[C@H]1C. The van der Waals surface area contributed by atoms with E-state index in [4.69, 9.17) is 9.84 Å². The molecule has 0 spiro atoms. The molecule has 0 radical (unpaired) electrons. The van der Waals surface area contributed by atoms with E-state index >= 15 is 0 Å². The van der Waals surface area contributed by atoms with Crippen molar-refractivity contribution in [2.45, 2.75) is 39.6 Å². The summed E-state index contributed by atoms with van der Waals surface area (Å²) in [4.78, 5) is 0. The second-order valence-corrected chi connectivity index (χ2v) is 2.91. The van der Waals surface area contributed by atoms with Crippen LogP contribution in [0.1, 0.15) is 21.3 Å². The number of ether oxygens (including phenoxy) is 1. The molecule has 0 saturated carbocycles. The van der Waals surface area contributed by atoms with Crippen molar-refractivity contribution in [2.75, 3.05) is 6.61 Å².